The summed E-state index contributed by atoms with van der Waals surface area (Å²) in [6.45, 7) is 9.20. The fraction of sp³-hybridized carbons (Fsp3) is 0.464. The van der Waals surface area contributed by atoms with Crippen molar-refractivity contribution in [2.24, 2.45) is 0 Å². The van der Waals surface area contributed by atoms with Gasteiger partial charge in [0.05, 0.1) is 4.92 Å². The Labute approximate surface area is 234 Å². The number of thioether (sulfide) groups is 1. The van der Waals surface area contributed by atoms with E-state index in [1.807, 2.05) is 30.3 Å². The van der Waals surface area contributed by atoms with Gasteiger partial charge >= 0.3 is 6.03 Å². The Balaban J connectivity index is 2.16. The molecule has 3 amide bonds. The minimum atomic E-state index is -0.879. The van der Waals surface area contributed by atoms with E-state index in [2.05, 4.69) is 29.4 Å². The van der Waals surface area contributed by atoms with Crippen molar-refractivity contribution in [2.75, 3.05) is 45.0 Å². The number of nitro groups is 1. The number of non-ortho nitro benzene ring substituents is 1. The van der Waals surface area contributed by atoms with Gasteiger partial charge in [-0.25, -0.2) is 4.79 Å². The van der Waals surface area contributed by atoms with E-state index in [1.165, 1.54) is 19.1 Å². The van der Waals surface area contributed by atoms with Gasteiger partial charge in [0.15, 0.2) is 5.12 Å². The monoisotopic (exact) mass is 557 g/mol. The number of amides is 3. The molecule has 1 unspecified atom stereocenters. The summed E-state index contributed by atoms with van der Waals surface area (Å²) in [6, 6.07) is 14.5. The summed E-state index contributed by atoms with van der Waals surface area (Å²) < 4.78 is 0. The molecule has 0 saturated heterocycles. The third-order valence-corrected chi connectivity index (χ3v) is 7.08. The molecule has 1 atom stereocenters. The second kappa shape index (κ2) is 17.2. The molecule has 212 valence electrons. The number of likely N-dealkylation sites (N-methyl/N-ethyl adjacent to an activating group) is 1. The van der Waals surface area contributed by atoms with E-state index in [0.29, 0.717) is 43.9 Å². The molecule has 0 heterocycles. The molecular weight excluding hydrogens is 518 g/mol. The van der Waals surface area contributed by atoms with E-state index >= 15 is 0 Å². The van der Waals surface area contributed by atoms with Crippen molar-refractivity contribution in [1.29, 1.82) is 0 Å². The molecule has 0 radical (unpaired) electrons. The van der Waals surface area contributed by atoms with Gasteiger partial charge in [-0.1, -0.05) is 68.1 Å². The molecule has 0 bridgehead atoms. The minimum absolute atomic E-state index is 0.0259. The highest BCUT2D eigenvalue weighted by Gasteiger charge is 2.24. The van der Waals surface area contributed by atoms with Gasteiger partial charge in [0.2, 0.25) is 5.91 Å². The highest BCUT2D eigenvalue weighted by Crippen LogP contribution is 2.14. The van der Waals surface area contributed by atoms with Crippen molar-refractivity contribution in [2.45, 2.75) is 39.7 Å². The van der Waals surface area contributed by atoms with Crippen LogP contribution in [-0.2, 0) is 22.4 Å². The van der Waals surface area contributed by atoms with Gasteiger partial charge in [0.25, 0.3) is 5.69 Å². The van der Waals surface area contributed by atoms with Crippen molar-refractivity contribution >= 4 is 34.5 Å². The molecule has 0 spiro atoms. The first kappa shape index (κ1) is 31.8. The van der Waals surface area contributed by atoms with Crippen LogP contribution in [0.15, 0.2) is 54.6 Å². The van der Waals surface area contributed by atoms with Crippen LogP contribution in [0.2, 0.25) is 0 Å². The first-order chi connectivity index (χ1) is 18.7. The predicted octanol–water partition coefficient (Wildman–Crippen LogP) is 3.50. The normalized spacial score (nSPS) is 11.6. The number of hydrogen-bond acceptors (Lipinski definition) is 7. The summed E-state index contributed by atoms with van der Waals surface area (Å²) in [7, 11) is 0. The first-order valence-electron chi connectivity index (χ1n) is 13.2. The molecule has 0 aliphatic heterocycles. The van der Waals surface area contributed by atoms with Crippen LogP contribution in [0.25, 0.3) is 0 Å². The van der Waals surface area contributed by atoms with E-state index in [0.717, 1.165) is 30.4 Å². The lowest BCUT2D eigenvalue weighted by Crippen LogP contribution is -2.53. The SMILES string of the molecule is CCN(CC)CCNC(=O)C(Cc1ccc([N+](=O)[O-])cc1)NC(=O)N(CCSC(C)=O)CCc1ccccc1. The van der Waals surface area contributed by atoms with E-state index < -0.39 is 17.0 Å². The molecule has 2 N–H and O–H groups in total. The number of benzene rings is 2. The summed E-state index contributed by atoms with van der Waals surface area (Å²) in [5.74, 6) is 0.121. The predicted molar refractivity (Wildman–Crippen MR) is 155 cm³/mol. The van der Waals surface area contributed by atoms with E-state index in [9.17, 15) is 24.5 Å². The van der Waals surface area contributed by atoms with Crippen molar-refractivity contribution in [1.82, 2.24) is 20.4 Å². The zero-order valence-corrected chi connectivity index (χ0v) is 23.7. The van der Waals surface area contributed by atoms with Crippen molar-refractivity contribution < 1.29 is 19.3 Å². The Kier molecular flexibility index (Phi) is 14.0. The topological polar surface area (TPSA) is 125 Å². The minimum Gasteiger partial charge on any atom is -0.353 e. The van der Waals surface area contributed by atoms with Crippen molar-refractivity contribution in [3.05, 3.63) is 75.8 Å². The standard InChI is InChI=1S/C28H39N5O5S/c1-4-31(5-2)18-16-29-27(35)26(21-24-11-13-25(14-12-24)33(37)38)30-28(36)32(19-20-39-22(3)34)17-15-23-9-7-6-8-10-23/h6-14,26H,4-5,15-21H2,1-3H3,(H,29,35)(H,30,36). The first-order valence-corrected chi connectivity index (χ1v) is 14.2. The zero-order valence-electron chi connectivity index (χ0n) is 22.9. The Morgan fingerprint density at radius 3 is 2.21 bits per heavy atom. The number of hydrogen-bond donors (Lipinski definition) is 2. The second-order valence-electron chi connectivity index (χ2n) is 9.01. The molecular formula is C28H39N5O5S. The molecule has 0 aliphatic rings. The third-order valence-electron chi connectivity index (χ3n) is 6.29. The number of urea groups is 1. The fourth-order valence-corrected chi connectivity index (χ4v) is 4.56. The quantitative estimate of drug-likeness (QED) is 0.239. The number of carbonyl (C=O) groups excluding carboxylic acids is 3. The van der Waals surface area contributed by atoms with E-state index in [-0.39, 0.29) is 23.1 Å². The Hall–Kier alpha value is -3.44. The summed E-state index contributed by atoms with van der Waals surface area (Å²) in [6.07, 6.45) is 0.803. The number of nitrogens with zero attached hydrogens (tertiary/aromatic N) is 3. The van der Waals surface area contributed by atoms with Gasteiger partial charge in [-0.3, -0.25) is 19.7 Å². The lowest BCUT2D eigenvalue weighted by atomic mass is 10.0. The van der Waals surface area contributed by atoms with E-state index in [1.54, 1.807) is 17.0 Å². The summed E-state index contributed by atoms with van der Waals surface area (Å²) >= 11 is 1.15. The van der Waals surface area contributed by atoms with Crippen LogP contribution in [0, 0.1) is 10.1 Å². The number of nitrogens with one attached hydrogen (secondary N) is 2. The second-order valence-corrected chi connectivity index (χ2v) is 10.3. The molecule has 2 rings (SSSR count). The van der Waals surface area contributed by atoms with Gasteiger partial charge in [-0.15, -0.1) is 0 Å². The van der Waals surface area contributed by atoms with Crippen molar-refractivity contribution in [3.63, 3.8) is 0 Å². The smallest absolute Gasteiger partial charge is 0.318 e. The largest absolute Gasteiger partial charge is 0.353 e. The maximum absolute atomic E-state index is 13.4. The molecule has 2 aromatic rings. The lowest BCUT2D eigenvalue weighted by Gasteiger charge is -2.27. The molecule has 0 saturated carbocycles. The van der Waals surface area contributed by atoms with Crippen LogP contribution in [0.4, 0.5) is 10.5 Å². The average Bonchev–Trinajstić information content (AvgIpc) is 2.93. The van der Waals surface area contributed by atoms with E-state index in [4.69, 9.17) is 0 Å². The highest BCUT2D eigenvalue weighted by atomic mass is 32.2. The molecule has 11 heteroatoms. The van der Waals surface area contributed by atoms with Gasteiger partial charge in [-0.2, -0.15) is 0 Å². The zero-order chi connectivity index (χ0) is 28.6. The molecule has 0 aromatic heterocycles. The fourth-order valence-electron chi connectivity index (χ4n) is 3.96. The maximum atomic E-state index is 13.4. The summed E-state index contributed by atoms with van der Waals surface area (Å²) in [4.78, 5) is 52.4. The highest BCUT2D eigenvalue weighted by molar-refractivity contribution is 8.13. The van der Waals surface area contributed by atoms with Gasteiger partial charge < -0.3 is 20.4 Å². The molecule has 39 heavy (non-hydrogen) atoms. The van der Waals surface area contributed by atoms with Gasteiger partial charge in [0, 0.05) is 57.4 Å². The summed E-state index contributed by atoms with van der Waals surface area (Å²) in [5, 5.41) is 16.8. The van der Waals surface area contributed by atoms with Crippen molar-refractivity contribution in [3.8, 4) is 0 Å². The Morgan fingerprint density at radius 2 is 1.62 bits per heavy atom. The maximum Gasteiger partial charge on any atom is 0.318 e. The average molecular weight is 558 g/mol. The molecule has 0 aliphatic carbocycles. The van der Waals surface area contributed by atoms with Crippen LogP contribution < -0.4 is 10.6 Å². The van der Waals surface area contributed by atoms with Crippen LogP contribution in [-0.4, -0.2) is 82.8 Å². The lowest BCUT2D eigenvalue weighted by molar-refractivity contribution is -0.384. The molecule has 0 fully saturated rings. The van der Waals surface area contributed by atoms with Crippen LogP contribution >= 0.6 is 11.8 Å². The van der Waals surface area contributed by atoms with Crippen LogP contribution in [0.3, 0.4) is 0 Å². The number of carbonyl (C=O) groups is 3. The van der Waals surface area contributed by atoms with Crippen LogP contribution in [0.1, 0.15) is 31.9 Å². The summed E-state index contributed by atoms with van der Waals surface area (Å²) in [5.41, 5.74) is 1.72. The van der Waals surface area contributed by atoms with Gasteiger partial charge in [-0.05, 0) is 30.6 Å². The van der Waals surface area contributed by atoms with Crippen LogP contribution in [0.5, 0.6) is 0 Å². The van der Waals surface area contributed by atoms with Gasteiger partial charge in [0.1, 0.15) is 6.04 Å². The molecule has 10 nitrogen and oxygen atoms in total. The Morgan fingerprint density at radius 1 is 0.949 bits per heavy atom. The number of rotatable bonds is 16. The molecule has 2 aromatic carbocycles. The third kappa shape index (κ3) is 11.9. The Bertz CT molecular complexity index is 1060. The number of nitro benzene ring substituents is 1.